The summed E-state index contributed by atoms with van der Waals surface area (Å²) in [6.07, 6.45) is 0. The summed E-state index contributed by atoms with van der Waals surface area (Å²) in [4.78, 5) is 0. The molecule has 9 aromatic carbocycles. The maximum absolute atomic E-state index is 2.49. The van der Waals surface area contributed by atoms with Crippen molar-refractivity contribution in [2.24, 2.45) is 0 Å². The van der Waals surface area contributed by atoms with E-state index in [-0.39, 0.29) is 0 Å². The minimum atomic E-state index is 1.17. The second-order valence-corrected chi connectivity index (χ2v) is 16.6. The normalized spacial score (nSPS) is 12.4. The van der Waals surface area contributed by atoms with E-state index in [4.69, 9.17) is 0 Å². The molecular formula is C50H28N2S2. The van der Waals surface area contributed by atoms with Gasteiger partial charge in [-0.15, -0.1) is 22.7 Å². The number of rotatable bonds is 2. The minimum Gasteiger partial charge on any atom is -0.309 e. The summed E-state index contributed by atoms with van der Waals surface area (Å²) in [5.74, 6) is 0. The van der Waals surface area contributed by atoms with Crippen molar-refractivity contribution in [2.45, 2.75) is 0 Å². The fraction of sp³-hybridized carbons (Fsp3) is 0. The van der Waals surface area contributed by atoms with E-state index in [1.54, 1.807) is 0 Å². The highest BCUT2D eigenvalue weighted by molar-refractivity contribution is 7.26. The summed E-state index contributed by atoms with van der Waals surface area (Å²) in [7, 11) is 0. The number of nitrogens with zero attached hydrogens (tertiary/aromatic N) is 2. The van der Waals surface area contributed by atoms with E-state index in [1.165, 1.54) is 117 Å². The van der Waals surface area contributed by atoms with Gasteiger partial charge in [-0.25, -0.2) is 0 Å². The van der Waals surface area contributed by atoms with E-state index in [2.05, 4.69) is 179 Å². The van der Waals surface area contributed by atoms with Gasteiger partial charge in [-0.05, 0) is 106 Å². The summed E-state index contributed by atoms with van der Waals surface area (Å²) in [6, 6.07) is 63.5. The van der Waals surface area contributed by atoms with Crippen LogP contribution >= 0.6 is 22.7 Å². The molecule has 4 heterocycles. The lowest BCUT2D eigenvalue weighted by Gasteiger charge is -2.11. The lowest BCUT2D eigenvalue weighted by atomic mass is 10.0. The number of benzene rings is 9. The van der Waals surface area contributed by atoms with Crippen molar-refractivity contribution in [3.8, 4) is 11.4 Å². The van der Waals surface area contributed by atoms with Crippen LogP contribution in [0.5, 0.6) is 0 Å². The summed E-state index contributed by atoms with van der Waals surface area (Å²) in [5.41, 5.74) is 7.22. The summed E-state index contributed by atoms with van der Waals surface area (Å²) in [6.45, 7) is 0. The third-order valence-electron chi connectivity index (χ3n) is 11.6. The highest BCUT2D eigenvalue weighted by Crippen LogP contribution is 2.45. The van der Waals surface area contributed by atoms with Crippen LogP contribution in [0.2, 0.25) is 0 Å². The van der Waals surface area contributed by atoms with Gasteiger partial charge < -0.3 is 9.13 Å². The monoisotopic (exact) mass is 720 g/mol. The van der Waals surface area contributed by atoms with E-state index in [1.807, 2.05) is 22.7 Å². The Morgan fingerprint density at radius 2 is 0.778 bits per heavy atom. The Labute approximate surface area is 316 Å². The molecule has 54 heavy (non-hydrogen) atoms. The van der Waals surface area contributed by atoms with Crippen LogP contribution in [0.4, 0.5) is 0 Å². The second-order valence-electron chi connectivity index (χ2n) is 14.5. The highest BCUT2D eigenvalue weighted by atomic mass is 32.1. The molecule has 0 amide bonds. The van der Waals surface area contributed by atoms with Crippen LogP contribution in [0.15, 0.2) is 170 Å². The largest absolute Gasteiger partial charge is 0.309 e. The SMILES string of the molecule is c1ccc(-n2c3ccc(-n4c5ccccc5c5cc6ccc7sc8ccccc8c7c6cc54)cc3c3cc4ccc5sc6ccccc6c5c4cc32)cc1. The number of hydrogen-bond donors (Lipinski definition) is 0. The smallest absolute Gasteiger partial charge is 0.0547 e. The van der Waals surface area contributed by atoms with E-state index in [0.717, 1.165) is 0 Å². The van der Waals surface area contributed by atoms with E-state index < -0.39 is 0 Å². The Morgan fingerprint density at radius 3 is 1.43 bits per heavy atom. The van der Waals surface area contributed by atoms with Crippen molar-refractivity contribution >= 4 is 128 Å². The second kappa shape index (κ2) is 10.6. The molecule has 0 fully saturated rings. The molecule has 0 atom stereocenters. The zero-order valence-corrected chi connectivity index (χ0v) is 30.5. The molecule has 0 unspecified atom stereocenters. The lowest BCUT2D eigenvalue weighted by molar-refractivity contribution is 1.17. The van der Waals surface area contributed by atoms with Crippen LogP contribution in [-0.4, -0.2) is 9.13 Å². The Bertz CT molecular complexity index is 3730. The molecule has 0 saturated carbocycles. The Hall–Kier alpha value is -6.46. The highest BCUT2D eigenvalue weighted by Gasteiger charge is 2.20. The molecular weight excluding hydrogens is 693 g/mol. The molecule has 0 saturated heterocycles. The number of hydrogen-bond acceptors (Lipinski definition) is 2. The fourth-order valence-corrected chi connectivity index (χ4v) is 11.6. The van der Waals surface area contributed by atoms with Crippen molar-refractivity contribution in [3.05, 3.63) is 170 Å². The number of para-hydroxylation sites is 2. The van der Waals surface area contributed by atoms with Crippen LogP contribution in [0.25, 0.3) is 117 Å². The summed E-state index contributed by atoms with van der Waals surface area (Å²) >= 11 is 3.77. The first kappa shape index (κ1) is 29.0. The van der Waals surface area contributed by atoms with Gasteiger partial charge in [0.25, 0.3) is 0 Å². The van der Waals surface area contributed by atoms with Crippen molar-refractivity contribution in [2.75, 3.05) is 0 Å². The molecule has 0 spiro atoms. The van der Waals surface area contributed by atoms with Crippen molar-refractivity contribution in [3.63, 3.8) is 0 Å². The van der Waals surface area contributed by atoms with Gasteiger partial charge in [0, 0.05) is 73.3 Å². The number of fused-ring (bicyclic) bond motifs is 16. The van der Waals surface area contributed by atoms with Crippen LogP contribution in [0.1, 0.15) is 0 Å². The molecule has 250 valence electrons. The zero-order valence-electron chi connectivity index (χ0n) is 28.9. The first-order chi connectivity index (χ1) is 26.8. The predicted octanol–water partition coefficient (Wildman–Crippen LogP) is 14.9. The van der Waals surface area contributed by atoms with E-state index >= 15 is 0 Å². The van der Waals surface area contributed by atoms with Gasteiger partial charge in [0.1, 0.15) is 0 Å². The maximum atomic E-state index is 2.49. The number of thiophene rings is 2. The minimum absolute atomic E-state index is 1.17. The molecule has 4 heteroatoms. The van der Waals surface area contributed by atoms with Gasteiger partial charge in [-0.2, -0.15) is 0 Å². The number of aromatic nitrogens is 2. The summed E-state index contributed by atoms with van der Waals surface area (Å²) in [5, 5.41) is 15.6. The van der Waals surface area contributed by atoms with Crippen LogP contribution in [0.3, 0.4) is 0 Å². The zero-order chi connectivity index (χ0) is 35.1. The third kappa shape index (κ3) is 3.83. The predicted molar refractivity (Wildman–Crippen MR) is 236 cm³/mol. The first-order valence-corrected chi connectivity index (χ1v) is 20.1. The third-order valence-corrected chi connectivity index (χ3v) is 13.9. The molecule has 4 aromatic heterocycles. The Balaban J connectivity index is 1.14. The fourth-order valence-electron chi connectivity index (χ4n) is 9.33. The Morgan fingerprint density at radius 1 is 0.278 bits per heavy atom. The van der Waals surface area contributed by atoms with Crippen LogP contribution < -0.4 is 0 Å². The van der Waals surface area contributed by atoms with Crippen LogP contribution in [0, 0.1) is 0 Å². The van der Waals surface area contributed by atoms with Gasteiger partial charge in [0.15, 0.2) is 0 Å². The molecule has 0 bridgehead atoms. The van der Waals surface area contributed by atoms with Crippen LogP contribution in [-0.2, 0) is 0 Å². The molecule has 0 radical (unpaired) electrons. The molecule has 0 aliphatic heterocycles. The first-order valence-electron chi connectivity index (χ1n) is 18.4. The van der Waals surface area contributed by atoms with Gasteiger partial charge >= 0.3 is 0 Å². The van der Waals surface area contributed by atoms with Gasteiger partial charge in [0.05, 0.1) is 22.1 Å². The molecule has 13 aromatic rings. The van der Waals surface area contributed by atoms with E-state index in [0.29, 0.717) is 0 Å². The van der Waals surface area contributed by atoms with Crippen molar-refractivity contribution in [1.82, 2.24) is 9.13 Å². The lowest BCUT2D eigenvalue weighted by Crippen LogP contribution is -1.95. The molecule has 0 aliphatic rings. The molecule has 0 N–H and O–H groups in total. The topological polar surface area (TPSA) is 9.86 Å². The Kier molecular flexibility index (Phi) is 5.69. The summed E-state index contributed by atoms with van der Waals surface area (Å²) < 4.78 is 10.3. The van der Waals surface area contributed by atoms with Crippen molar-refractivity contribution < 1.29 is 0 Å². The molecule has 2 nitrogen and oxygen atoms in total. The quantitative estimate of drug-likeness (QED) is 0.168. The maximum Gasteiger partial charge on any atom is 0.0547 e. The van der Waals surface area contributed by atoms with E-state index in [9.17, 15) is 0 Å². The van der Waals surface area contributed by atoms with Crippen molar-refractivity contribution in [1.29, 1.82) is 0 Å². The average Bonchev–Trinajstić information content (AvgIpc) is 3.97. The molecule has 0 aliphatic carbocycles. The van der Waals surface area contributed by atoms with Gasteiger partial charge in [-0.1, -0.05) is 84.9 Å². The standard InChI is InChI=1S/C50H28N2S2/c1-2-10-31(11-3-1)51-42-21-20-32(26-40(42)39-25-30-19-23-48-50(37(30)28-44(39)51)35-14-6-9-17-46(35)54-48)52-41-15-7-4-12-33(41)38-24-29-18-22-47-49(36(29)27-43(38)52)34-13-5-8-16-45(34)53-47/h1-28H. The van der Waals surface area contributed by atoms with Gasteiger partial charge in [-0.3, -0.25) is 0 Å². The molecule has 13 rings (SSSR count). The van der Waals surface area contributed by atoms with Gasteiger partial charge in [0.2, 0.25) is 0 Å². The average molecular weight is 721 g/mol.